The fourth-order valence-electron chi connectivity index (χ4n) is 3.15. The lowest BCUT2D eigenvalue weighted by molar-refractivity contribution is 0.460. The minimum absolute atomic E-state index is 0.124. The summed E-state index contributed by atoms with van der Waals surface area (Å²) in [6.45, 7) is 1.78. The third-order valence-electron chi connectivity index (χ3n) is 4.88. The Bertz CT molecular complexity index is 1640. The van der Waals surface area contributed by atoms with E-state index in [9.17, 15) is 18.5 Å². The van der Waals surface area contributed by atoms with E-state index < -0.39 is 20.3 Å². The summed E-state index contributed by atoms with van der Waals surface area (Å²) in [6.07, 6.45) is 2.50. The summed E-state index contributed by atoms with van der Waals surface area (Å²) in [5.41, 5.74) is 0.292. The van der Waals surface area contributed by atoms with Gasteiger partial charge in [0.25, 0.3) is 5.56 Å². The van der Waals surface area contributed by atoms with E-state index in [4.69, 9.17) is 16.3 Å². The van der Waals surface area contributed by atoms with Gasteiger partial charge in [0.2, 0.25) is 15.7 Å². The first kappa shape index (κ1) is 23.7. The van der Waals surface area contributed by atoms with Crippen LogP contribution in [0.25, 0.3) is 11.7 Å². The van der Waals surface area contributed by atoms with Crippen LogP contribution in [0.1, 0.15) is 11.1 Å². The SMILES string of the molecule is Cc1cccn2c(=O)c(C=C(C#N)S(=O)(=O)c3ccc(Cl)cc3)c(Oc3ccc(Br)cc3)nc12. The Morgan fingerprint density at radius 2 is 1.82 bits per heavy atom. The van der Waals surface area contributed by atoms with Crippen molar-refractivity contribution in [1.29, 1.82) is 5.26 Å². The molecule has 0 aliphatic rings. The van der Waals surface area contributed by atoms with Gasteiger partial charge in [0.15, 0.2) is 0 Å². The zero-order valence-corrected chi connectivity index (χ0v) is 20.7. The van der Waals surface area contributed by atoms with Gasteiger partial charge in [0.1, 0.15) is 27.9 Å². The number of sulfone groups is 1. The fourth-order valence-corrected chi connectivity index (χ4v) is 4.68. The van der Waals surface area contributed by atoms with Crippen molar-refractivity contribution in [1.82, 2.24) is 9.38 Å². The fraction of sp³-hybridized carbons (Fsp3) is 0.0417. The standard InChI is InChI=1S/C24H15BrClN3O4S/c1-15-3-2-12-29-22(15)28-23(33-18-8-4-16(25)5-9-18)21(24(29)30)13-20(14-27)34(31,32)19-10-6-17(26)7-11-19/h2-13H,1H3. The second-order valence-corrected chi connectivity index (χ2v) is 10.4. The molecule has 4 rings (SSSR count). The normalized spacial score (nSPS) is 11.9. The van der Waals surface area contributed by atoms with Crippen molar-refractivity contribution in [2.24, 2.45) is 0 Å². The minimum Gasteiger partial charge on any atom is -0.438 e. The van der Waals surface area contributed by atoms with Crippen LogP contribution in [0, 0.1) is 18.3 Å². The van der Waals surface area contributed by atoms with Crippen LogP contribution in [-0.2, 0) is 9.84 Å². The lowest BCUT2D eigenvalue weighted by atomic mass is 10.2. The topological polar surface area (TPSA) is 102 Å². The molecule has 34 heavy (non-hydrogen) atoms. The molecule has 170 valence electrons. The Morgan fingerprint density at radius 1 is 1.15 bits per heavy atom. The molecule has 0 bridgehead atoms. The number of allylic oxidation sites excluding steroid dienone is 1. The second kappa shape index (κ2) is 9.43. The van der Waals surface area contributed by atoms with E-state index in [-0.39, 0.29) is 16.3 Å². The van der Waals surface area contributed by atoms with Gasteiger partial charge in [-0.1, -0.05) is 33.6 Å². The Hall–Kier alpha value is -3.45. The molecule has 0 radical (unpaired) electrons. The van der Waals surface area contributed by atoms with Crippen molar-refractivity contribution in [2.45, 2.75) is 11.8 Å². The lowest BCUT2D eigenvalue weighted by Gasteiger charge is -2.12. The van der Waals surface area contributed by atoms with E-state index in [1.807, 2.05) is 0 Å². The molecule has 2 aromatic carbocycles. The molecular weight excluding hydrogens is 542 g/mol. The van der Waals surface area contributed by atoms with Gasteiger partial charge >= 0.3 is 0 Å². The van der Waals surface area contributed by atoms with E-state index in [0.29, 0.717) is 22.0 Å². The van der Waals surface area contributed by atoms with Gasteiger partial charge in [-0.2, -0.15) is 10.2 Å². The maximum atomic E-state index is 13.4. The van der Waals surface area contributed by atoms with Crippen molar-refractivity contribution in [3.8, 4) is 17.7 Å². The average molecular weight is 557 g/mol. The Morgan fingerprint density at radius 3 is 2.47 bits per heavy atom. The molecule has 2 heterocycles. The number of benzene rings is 2. The van der Waals surface area contributed by atoms with Gasteiger partial charge in [0.05, 0.1) is 4.90 Å². The van der Waals surface area contributed by atoms with Crippen LogP contribution in [0.2, 0.25) is 5.02 Å². The first-order valence-corrected chi connectivity index (χ1v) is 12.4. The number of hydrogen-bond acceptors (Lipinski definition) is 6. The summed E-state index contributed by atoms with van der Waals surface area (Å²) in [5, 5.41) is 10.0. The molecule has 0 N–H and O–H groups in total. The second-order valence-electron chi connectivity index (χ2n) is 7.15. The highest BCUT2D eigenvalue weighted by Gasteiger charge is 2.24. The number of halogens is 2. The summed E-state index contributed by atoms with van der Waals surface area (Å²) < 4.78 is 34.2. The van der Waals surface area contributed by atoms with E-state index in [0.717, 1.165) is 10.5 Å². The molecule has 0 aliphatic carbocycles. The third kappa shape index (κ3) is 4.61. The summed E-state index contributed by atoms with van der Waals surface area (Å²) >= 11 is 9.20. The highest BCUT2D eigenvalue weighted by Crippen LogP contribution is 2.28. The van der Waals surface area contributed by atoms with Crippen LogP contribution in [0.5, 0.6) is 11.6 Å². The number of aryl methyl sites for hydroxylation is 1. The molecule has 0 atom stereocenters. The Balaban J connectivity index is 1.95. The number of nitrogens with zero attached hydrogens (tertiary/aromatic N) is 3. The predicted molar refractivity (Wildman–Crippen MR) is 133 cm³/mol. The largest absolute Gasteiger partial charge is 0.438 e. The third-order valence-corrected chi connectivity index (χ3v) is 7.34. The van der Waals surface area contributed by atoms with Crippen LogP contribution < -0.4 is 10.3 Å². The molecule has 2 aromatic heterocycles. The number of fused-ring (bicyclic) bond motifs is 1. The number of pyridine rings is 1. The van der Waals surface area contributed by atoms with E-state index in [2.05, 4.69) is 20.9 Å². The predicted octanol–water partition coefficient (Wildman–Crippen LogP) is 5.55. The van der Waals surface area contributed by atoms with E-state index >= 15 is 0 Å². The molecule has 7 nitrogen and oxygen atoms in total. The number of ether oxygens (including phenoxy) is 1. The molecule has 0 saturated heterocycles. The molecule has 0 unspecified atom stereocenters. The maximum absolute atomic E-state index is 13.4. The quantitative estimate of drug-likeness (QED) is 0.299. The van der Waals surface area contributed by atoms with E-state index in [1.165, 1.54) is 34.9 Å². The molecule has 0 aliphatic heterocycles. The number of aromatic nitrogens is 2. The van der Waals surface area contributed by atoms with Crippen LogP contribution in [0.15, 0.2) is 85.9 Å². The van der Waals surface area contributed by atoms with Gasteiger partial charge in [-0.3, -0.25) is 9.20 Å². The number of nitriles is 1. The maximum Gasteiger partial charge on any atom is 0.269 e. The summed E-state index contributed by atoms with van der Waals surface area (Å²) in [6, 6.07) is 17.3. The highest BCUT2D eigenvalue weighted by atomic mass is 79.9. The van der Waals surface area contributed by atoms with Crippen molar-refractivity contribution >= 4 is 49.1 Å². The van der Waals surface area contributed by atoms with Crippen LogP contribution in [0.4, 0.5) is 0 Å². The molecular formula is C24H15BrClN3O4S. The minimum atomic E-state index is -4.24. The molecule has 0 saturated carbocycles. The molecule has 0 amide bonds. The monoisotopic (exact) mass is 555 g/mol. The first-order chi connectivity index (χ1) is 16.2. The zero-order chi connectivity index (χ0) is 24.5. The van der Waals surface area contributed by atoms with Gasteiger partial charge in [-0.25, -0.2) is 8.42 Å². The average Bonchev–Trinajstić information content (AvgIpc) is 2.81. The van der Waals surface area contributed by atoms with Gasteiger partial charge in [0, 0.05) is 15.7 Å². The zero-order valence-electron chi connectivity index (χ0n) is 17.6. The molecule has 10 heteroatoms. The summed E-state index contributed by atoms with van der Waals surface area (Å²) in [7, 11) is -4.24. The van der Waals surface area contributed by atoms with Crippen molar-refractivity contribution in [3.05, 3.63) is 103 Å². The Labute approximate surface area is 208 Å². The number of rotatable bonds is 5. The summed E-state index contributed by atoms with van der Waals surface area (Å²) in [4.78, 5) is 17.1. The van der Waals surface area contributed by atoms with Gasteiger partial charge in [-0.15, -0.1) is 0 Å². The highest BCUT2D eigenvalue weighted by molar-refractivity contribution is 9.10. The molecule has 0 spiro atoms. The molecule has 4 aromatic rings. The molecule has 0 fully saturated rings. The van der Waals surface area contributed by atoms with Crippen LogP contribution in [0.3, 0.4) is 0 Å². The van der Waals surface area contributed by atoms with Crippen LogP contribution in [-0.4, -0.2) is 17.8 Å². The Kier molecular flexibility index (Phi) is 6.57. The van der Waals surface area contributed by atoms with E-state index in [1.54, 1.807) is 49.4 Å². The van der Waals surface area contributed by atoms with Crippen molar-refractivity contribution in [2.75, 3.05) is 0 Å². The summed E-state index contributed by atoms with van der Waals surface area (Å²) in [5.74, 6) is 0.252. The van der Waals surface area contributed by atoms with Crippen molar-refractivity contribution < 1.29 is 13.2 Å². The smallest absolute Gasteiger partial charge is 0.269 e. The number of hydrogen-bond donors (Lipinski definition) is 0. The van der Waals surface area contributed by atoms with Crippen molar-refractivity contribution in [3.63, 3.8) is 0 Å². The van der Waals surface area contributed by atoms with Gasteiger partial charge in [-0.05, 0) is 73.2 Å². The first-order valence-electron chi connectivity index (χ1n) is 9.78. The lowest BCUT2D eigenvalue weighted by Crippen LogP contribution is -2.20. The van der Waals surface area contributed by atoms with Gasteiger partial charge < -0.3 is 4.74 Å². The van der Waals surface area contributed by atoms with Crippen LogP contribution >= 0.6 is 27.5 Å².